The van der Waals surface area contributed by atoms with Crippen LogP contribution in [0.15, 0.2) is 24.5 Å². The van der Waals surface area contributed by atoms with Gasteiger partial charge >= 0.3 is 5.97 Å². The lowest BCUT2D eigenvalue weighted by molar-refractivity contribution is 0.0600. The first-order chi connectivity index (χ1) is 11.1. The predicted molar refractivity (Wildman–Crippen MR) is 89.7 cm³/mol. The van der Waals surface area contributed by atoms with Gasteiger partial charge in [0.05, 0.1) is 18.4 Å². The highest BCUT2D eigenvalue weighted by atomic mass is 16.5. The van der Waals surface area contributed by atoms with Crippen molar-refractivity contribution in [3.63, 3.8) is 0 Å². The van der Waals surface area contributed by atoms with Crippen LogP contribution >= 0.6 is 0 Å². The Labute approximate surface area is 137 Å². The summed E-state index contributed by atoms with van der Waals surface area (Å²) in [5, 5.41) is 0. The average Bonchev–Trinajstić information content (AvgIpc) is 2.95. The lowest BCUT2D eigenvalue weighted by Crippen LogP contribution is -2.38. The molecule has 0 saturated carbocycles. The van der Waals surface area contributed by atoms with Gasteiger partial charge in [0.15, 0.2) is 0 Å². The van der Waals surface area contributed by atoms with Gasteiger partial charge in [-0.15, -0.1) is 0 Å². The van der Waals surface area contributed by atoms with E-state index in [9.17, 15) is 4.79 Å². The molecule has 1 aliphatic rings. The lowest BCUT2D eigenvalue weighted by atomic mass is 9.92. The summed E-state index contributed by atoms with van der Waals surface area (Å²) in [7, 11) is 1.40. The number of methoxy groups -OCH3 is 1. The Morgan fingerprint density at radius 2 is 2.13 bits per heavy atom. The van der Waals surface area contributed by atoms with Crippen molar-refractivity contribution in [3.05, 3.63) is 35.8 Å². The minimum atomic E-state index is -0.321. The minimum absolute atomic E-state index is 0.321. The van der Waals surface area contributed by atoms with Crippen LogP contribution in [0.25, 0.3) is 5.65 Å². The van der Waals surface area contributed by atoms with E-state index >= 15 is 0 Å². The van der Waals surface area contributed by atoms with Gasteiger partial charge in [-0.05, 0) is 64.3 Å². The molecule has 3 rings (SSSR count). The molecule has 0 aliphatic carbocycles. The molecule has 3 heterocycles. The molecule has 1 aliphatic heterocycles. The van der Waals surface area contributed by atoms with E-state index in [1.54, 1.807) is 12.1 Å². The Kier molecular flexibility index (Phi) is 4.66. The number of fused-ring (bicyclic) bond motifs is 1. The number of carbonyl (C=O) groups excluding carboxylic acids is 1. The highest BCUT2D eigenvalue weighted by Crippen LogP contribution is 2.23. The van der Waals surface area contributed by atoms with E-state index in [2.05, 4.69) is 29.9 Å². The zero-order chi connectivity index (χ0) is 16.4. The summed E-state index contributed by atoms with van der Waals surface area (Å²) in [6.45, 7) is 6.90. The molecule has 0 bridgehead atoms. The van der Waals surface area contributed by atoms with E-state index in [1.165, 1.54) is 33.0 Å². The van der Waals surface area contributed by atoms with Crippen LogP contribution in [0.4, 0.5) is 0 Å². The lowest BCUT2D eigenvalue weighted by Gasteiger charge is -2.34. The Bertz CT molecular complexity index is 685. The van der Waals surface area contributed by atoms with E-state index in [1.807, 2.05) is 10.6 Å². The number of hydrogen-bond acceptors (Lipinski definition) is 4. The number of nitrogens with zero attached hydrogens (tertiary/aromatic N) is 3. The number of esters is 1. The molecule has 23 heavy (non-hydrogen) atoms. The Balaban J connectivity index is 1.68. The van der Waals surface area contributed by atoms with E-state index in [4.69, 9.17) is 4.74 Å². The number of imidazole rings is 1. The molecule has 0 atom stereocenters. The molecule has 5 nitrogen and oxygen atoms in total. The van der Waals surface area contributed by atoms with E-state index in [-0.39, 0.29) is 5.97 Å². The summed E-state index contributed by atoms with van der Waals surface area (Å²) in [6.07, 6.45) is 7.44. The van der Waals surface area contributed by atoms with Crippen molar-refractivity contribution in [2.24, 2.45) is 5.92 Å². The standard InChI is InChI=1S/C18H25N3O2/c1-13(2)20-7-4-14(5-8-20)10-16-12-21-9-6-15(18(22)23-3)11-17(21)19-16/h6,9,11-14H,4-5,7-8,10H2,1-3H3. The van der Waals surface area contributed by atoms with E-state index < -0.39 is 0 Å². The second kappa shape index (κ2) is 6.71. The largest absolute Gasteiger partial charge is 0.465 e. The number of piperidine rings is 1. The molecule has 2 aromatic heterocycles. The van der Waals surface area contributed by atoms with Crippen molar-refractivity contribution in [1.29, 1.82) is 0 Å². The molecule has 1 fully saturated rings. The van der Waals surface area contributed by atoms with Crippen molar-refractivity contribution in [2.75, 3.05) is 20.2 Å². The SMILES string of the molecule is COC(=O)c1ccn2cc(CC3CCN(C(C)C)CC3)nc2c1. The Morgan fingerprint density at radius 3 is 2.78 bits per heavy atom. The quantitative estimate of drug-likeness (QED) is 0.814. The monoisotopic (exact) mass is 315 g/mol. The van der Waals surface area contributed by atoms with Crippen molar-refractivity contribution < 1.29 is 9.53 Å². The maximum atomic E-state index is 11.6. The van der Waals surface area contributed by atoms with Crippen LogP contribution in [-0.4, -0.2) is 46.5 Å². The summed E-state index contributed by atoms with van der Waals surface area (Å²) >= 11 is 0. The van der Waals surface area contributed by atoms with Crippen LogP contribution < -0.4 is 0 Å². The molecule has 0 N–H and O–H groups in total. The van der Waals surface area contributed by atoms with Gasteiger partial charge in [0, 0.05) is 18.4 Å². The predicted octanol–water partition coefficient (Wildman–Crippen LogP) is 2.78. The molecule has 0 unspecified atom stereocenters. The smallest absolute Gasteiger partial charge is 0.338 e. The first-order valence-corrected chi connectivity index (χ1v) is 8.37. The average molecular weight is 315 g/mol. The summed E-state index contributed by atoms with van der Waals surface area (Å²) in [5.74, 6) is 0.382. The van der Waals surface area contributed by atoms with Crippen molar-refractivity contribution in [2.45, 2.75) is 39.2 Å². The molecule has 0 spiro atoms. The second-order valence-electron chi connectivity index (χ2n) is 6.68. The molecule has 1 saturated heterocycles. The van der Waals surface area contributed by atoms with Gasteiger partial charge in [0.25, 0.3) is 0 Å². The maximum absolute atomic E-state index is 11.6. The summed E-state index contributed by atoms with van der Waals surface area (Å²) in [4.78, 5) is 18.8. The fraction of sp³-hybridized carbons (Fsp3) is 0.556. The number of aromatic nitrogens is 2. The summed E-state index contributed by atoms with van der Waals surface area (Å²) in [5.41, 5.74) is 2.46. The Morgan fingerprint density at radius 1 is 1.39 bits per heavy atom. The fourth-order valence-electron chi connectivity index (χ4n) is 3.35. The van der Waals surface area contributed by atoms with E-state index in [0.29, 0.717) is 17.5 Å². The highest BCUT2D eigenvalue weighted by molar-refractivity contribution is 5.90. The molecule has 0 amide bonds. The third-order valence-corrected chi connectivity index (χ3v) is 4.81. The topological polar surface area (TPSA) is 46.8 Å². The molecular weight excluding hydrogens is 290 g/mol. The molecule has 124 valence electrons. The maximum Gasteiger partial charge on any atom is 0.338 e. The first-order valence-electron chi connectivity index (χ1n) is 8.37. The van der Waals surface area contributed by atoms with Gasteiger partial charge in [0.1, 0.15) is 5.65 Å². The molecule has 0 aromatic carbocycles. The van der Waals surface area contributed by atoms with Crippen molar-refractivity contribution >= 4 is 11.6 Å². The van der Waals surface area contributed by atoms with Crippen LogP contribution in [0.1, 0.15) is 42.7 Å². The number of rotatable bonds is 4. The van der Waals surface area contributed by atoms with Crippen LogP contribution in [-0.2, 0) is 11.2 Å². The van der Waals surface area contributed by atoms with E-state index in [0.717, 1.165) is 17.8 Å². The third-order valence-electron chi connectivity index (χ3n) is 4.81. The van der Waals surface area contributed by atoms with Gasteiger partial charge in [0.2, 0.25) is 0 Å². The van der Waals surface area contributed by atoms with Gasteiger partial charge in [-0.25, -0.2) is 9.78 Å². The fourth-order valence-corrected chi connectivity index (χ4v) is 3.35. The number of ether oxygens (including phenoxy) is 1. The van der Waals surface area contributed by atoms with Crippen molar-refractivity contribution in [1.82, 2.24) is 14.3 Å². The van der Waals surface area contributed by atoms with Gasteiger partial charge in [-0.2, -0.15) is 0 Å². The van der Waals surface area contributed by atoms with Crippen molar-refractivity contribution in [3.8, 4) is 0 Å². The third kappa shape index (κ3) is 3.55. The zero-order valence-corrected chi connectivity index (χ0v) is 14.2. The van der Waals surface area contributed by atoms with Crippen LogP contribution in [0.5, 0.6) is 0 Å². The van der Waals surface area contributed by atoms with Crippen LogP contribution in [0, 0.1) is 5.92 Å². The van der Waals surface area contributed by atoms with Crippen LogP contribution in [0.3, 0.4) is 0 Å². The number of pyridine rings is 1. The molecule has 0 radical (unpaired) electrons. The zero-order valence-electron chi connectivity index (χ0n) is 14.2. The van der Waals surface area contributed by atoms with Gasteiger partial charge in [-0.3, -0.25) is 0 Å². The molecular formula is C18H25N3O2. The molecule has 5 heteroatoms. The molecule has 2 aromatic rings. The van der Waals surface area contributed by atoms with Crippen LogP contribution in [0.2, 0.25) is 0 Å². The van der Waals surface area contributed by atoms with Gasteiger partial charge in [-0.1, -0.05) is 0 Å². The second-order valence-corrected chi connectivity index (χ2v) is 6.68. The van der Waals surface area contributed by atoms with Gasteiger partial charge < -0.3 is 14.0 Å². The summed E-state index contributed by atoms with van der Waals surface area (Å²) in [6, 6.07) is 4.20. The minimum Gasteiger partial charge on any atom is -0.465 e. The summed E-state index contributed by atoms with van der Waals surface area (Å²) < 4.78 is 6.74. The highest BCUT2D eigenvalue weighted by Gasteiger charge is 2.21. The normalized spacial score (nSPS) is 17.0. The Hall–Kier alpha value is -1.88. The number of likely N-dealkylation sites (tertiary alicyclic amines) is 1. The first kappa shape index (κ1) is 16.0. The number of carbonyl (C=O) groups is 1. The number of hydrogen-bond donors (Lipinski definition) is 0.